The molecule has 2 aromatic rings. The average molecular weight is 249 g/mol. The number of aromatic amines is 1. The van der Waals surface area contributed by atoms with E-state index in [9.17, 15) is 4.79 Å². The lowest BCUT2D eigenvalue weighted by molar-refractivity contribution is 0.877. The number of nitrogens with one attached hydrogen (secondary N) is 1. The van der Waals surface area contributed by atoms with Crippen LogP contribution in [-0.4, -0.2) is 19.9 Å². The van der Waals surface area contributed by atoms with Crippen molar-refractivity contribution in [3.63, 3.8) is 0 Å². The van der Waals surface area contributed by atoms with Crippen molar-refractivity contribution < 1.29 is 0 Å². The second-order valence-electron chi connectivity index (χ2n) is 3.37. The Bertz CT molecular complexity index is 566. The molecule has 6 nitrogen and oxygen atoms in total. The van der Waals surface area contributed by atoms with Crippen LogP contribution in [0.2, 0.25) is 0 Å². The third-order valence-electron chi connectivity index (χ3n) is 1.95. The highest BCUT2D eigenvalue weighted by Gasteiger charge is 2.04. The molecule has 2 heterocycles. The van der Waals surface area contributed by atoms with Gasteiger partial charge in [-0.3, -0.25) is 4.79 Å². The van der Waals surface area contributed by atoms with Gasteiger partial charge in [0.1, 0.15) is 0 Å². The van der Waals surface area contributed by atoms with Crippen LogP contribution in [0.4, 0.5) is 0 Å². The molecule has 0 aliphatic heterocycles. The lowest BCUT2D eigenvalue weighted by Crippen LogP contribution is -2.08. The van der Waals surface area contributed by atoms with Crippen molar-refractivity contribution in [1.82, 2.24) is 19.9 Å². The van der Waals surface area contributed by atoms with Gasteiger partial charge in [0.2, 0.25) is 0 Å². The molecular weight excluding hydrogens is 238 g/mol. The summed E-state index contributed by atoms with van der Waals surface area (Å²) in [5.74, 6) is 0. The minimum absolute atomic E-state index is 0.182. The summed E-state index contributed by atoms with van der Waals surface area (Å²) in [5, 5.41) is 1.01. The average Bonchev–Trinajstić information content (AvgIpc) is 2.28. The van der Waals surface area contributed by atoms with Gasteiger partial charge in [-0.05, 0) is 18.7 Å². The summed E-state index contributed by atoms with van der Waals surface area (Å²) in [4.78, 5) is 26.3. The Balaban J connectivity index is 2.22. The zero-order valence-corrected chi connectivity index (χ0v) is 9.99. The van der Waals surface area contributed by atoms with Crippen LogP contribution in [0.5, 0.6) is 0 Å². The fraction of sp³-hybridized carbons (Fsp3) is 0.200. The van der Waals surface area contributed by atoms with Gasteiger partial charge in [-0.2, -0.15) is 0 Å². The van der Waals surface area contributed by atoms with Crippen molar-refractivity contribution in [3.05, 3.63) is 40.1 Å². The molecule has 0 aromatic carbocycles. The Hall–Kier alpha value is -1.73. The maximum absolute atomic E-state index is 11.2. The standard InChI is InChI=1S/C10H11N5OS/c1-6-2-8(16)15-10(14-6)17-9-12-4-7(3-11)5-13-9/h2,4-5H,3,11H2,1H3,(H,14,15,16). The summed E-state index contributed by atoms with van der Waals surface area (Å²) in [6, 6.07) is 1.43. The van der Waals surface area contributed by atoms with Crippen LogP contribution in [0, 0.1) is 6.92 Å². The van der Waals surface area contributed by atoms with Crippen LogP contribution in [0.15, 0.2) is 33.6 Å². The van der Waals surface area contributed by atoms with E-state index in [0.717, 1.165) is 5.56 Å². The molecule has 0 bridgehead atoms. The number of nitrogens with two attached hydrogens (primary N) is 1. The number of nitrogens with zero attached hydrogens (tertiary/aromatic N) is 3. The summed E-state index contributed by atoms with van der Waals surface area (Å²) in [6.45, 7) is 2.17. The topological polar surface area (TPSA) is 97.5 Å². The van der Waals surface area contributed by atoms with Crippen LogP contribution in [0.3, 0.4) is 0 Å². The number of aromatic nitrogens is 4. The largest absolute Gasteiger partial charge is 0.326 e. The summed E-state index contributed by atoms with van der Waals surface area (Å²) < 4.78 is 0. The lowest BCUT2D eigenvalue weighted by Gasteiger charge is -2.00. The minimum Gasteiger partial charge on any atom is -0.326 e. The van der Waals surface area contributed by atoms with Crippen LogP contribution in [-0.2, 0) is 6.54 Å². The molecule has 2 aromatic heterocycles. The molecule has 0 unspecified atom stereocenters. The second-order valence-corrected chi connectivity index (χ2v) is 4.33. The van der Waals surface area contributed by atoms with Crippen molar-refractivity contribution in [1.29, 1.82) is 0 Å². The molecule has 0 radical (unpaired) electrons. The van der Waals surface area contributed by atoms with Crippen molar-refractivity contribution >= 4 is 11.8 Å². The smallest absolute Gasteiger partial charge is 0.251 e. The lowest BCUT2D eigenvalue weighted by atomic mass is 10.4. The second kappa shape index (κ2) is 5.07. The van der Waals surface area contributed by atoms with Crippen LogP contribution in [0.1, 0.15) is 11.3 Å². The van der Waals surface area contributed by atoms with E-state index < -0.39 is 0 Å². The molecule has 3 N–H and O–H groups in total. The summed E-state index contributed by atoms with van der Waals surface area (Å²) in [6.07, 6.45) is 3.31. The first kappa shape index (κ1) is 11.7. The van der Waals surface area contributed by atoms with Gasteiger partial charge in [0.05, 0.1) is 0 Å². The summed E-state index contributed by atoms with van der Waals surface area (Å²) in [5.41, 5.74) is 6.79. The normalized spacial score (nSPS) is 10.5. The zero-order valence-electron chi connectivity index (χ0n) is 9.17. The van der Waals surface area contributed by atoms with Gasteiger partial charge in [-0.15, -0.1) is 0 Å². The monoisotopic (exact) mass is 249 g/mol. The van der Waals surface area contributed by atoms with Gasteiger partial charge in [-0.1, -0.05) is 0 Å². The summed E-state index contributed by atoms with van der Waals surface area (Å²) >= 11 is 1.21. The molecule has 0 atom stereocenters. The first-order valence-electron chi connectivity index (χ1n) is 4.94. The quantitative estimate of drug-likeness (QED) is 0.768. The zero-order chi connectivity index (χ0) is 12.3. The third kappa shape index (κ3) is 3.11. The van der Waals surface area contributed by atoms with E-state index in [2.05, 4.69) is 19.9 Å². The molecule has 0 aliphatic carbocycles. The molecule has 0 saturated heterocycles. The maximum atomic E-state index is 11.2. The predicted octanol–water partition coefficient (Wildman–Crippen LogP) is 0.478. The number of hydrogen-bond donors (Lipinski definition) is 2. The SMILES string of the molecule is Cc1cc(=O)[nH]c(Sc2ncc(CN)cn2)n1. The van der Waals surface area contributed by atoms with E-state index >= 15 is 0 Å². The number of hydrogen-bond acceptors (Lipinski definition) is 6. The number of rotatable bonds is 3. The van der Waals surface area contributed by atoms with Crippen molar-refractivity contribution in [3.8, 4) is 0 Å². The van der Waals surface area contributed by atoms with E-state index in [4.69, 9.17) is 5.73 Å². The van der Waals surface area contributed by atoms with Crippen LogP contribution in [0.25, 0.3) is 0 Å². The molecule has 0 spiro atoms. The molecule has 0 amide bonds. The highest BCUT2D eigenvalue weighted by Crippen LogP contribution is 2.19. The predicted molar refractivity (Wildman–Crippen MR) is 63.6 cm³/mol. The molecule has 0 fully saturated rings. The van der Waals surface area contributed by atoms with Gasteiger partial charge in [-0.25, -0.2) is 15.0 Å². The Labute approximate surface area is 102 Å². The van der Waals surface area contributed by atoms with Gasteiger partial charge in [0.25, 0.3) is 5.56 Å². The molecule has 0 aliphatic rings. The van der Waals surface area contributed by atoms with Gasteiger partial charge in [0.15, 0.2) is 10.3 Å². The first-order chi connectivity index (χ1) is 8.17. The molecule has 17 heavy (non-hydrogen) atoms. The van der Waals surface area contributed by atoms with E-state index in [1.807, 2.05) is 0 Å². The molecular formula is C10H11N5OS. The van der Waals surface area contributed by atoms with Crippen molar-refractivity contribution in [2.24, 2.45) is 5.73 Å². The fourth-order valence-electron chi connectivity index (χ4n) is 1.19. The third-order valence-corrected chi connectivity index (χ3v) is 2.73. The van der Waals surface area contributed by atoms with Crippen molar-refractivity contribution in [2.45, 2.75) is 23.8 Å². The maximum Gasteiger partial charge on any atom is 0.251 e. The van der Waals surface area contributed by atoms with Crippen LogP contribution >= 0.6 is 11.8 Å². The Morgan fingerprint density at radius 3 is 2.71 bits per heavy atom. The Morgan fingerprint density at radius 2 is 2.12 bits per heavy atom. The summed E-state index contributed by atoms with van der Waals surface area (Å²) in [7, 11) is 0. The fourth-order valence-corrected chi connectivity index (χ4v) is 1.91. The van der Waals surface area contributed by atoms with E-state index in [0.29, 0.717) is 22.6 Å². The van der Waals surface area contributed by atoms with Gasteiger partial charge in [0, 0.05) is 36.3 Å². The van der Waals surface area contributed by atoms with Gasteiger partial charge >= 0.3 is 0 Å². The minimum atomic E-state index is -0.182. The van der Waals surface area contributed by atoms with E-state index in [1.165, 1.54) is 17.8 Å². The van der Waals surface area contributed by atoms with E-state index in [-0.39, 0.29) is 5.56 Å². The molecule has 2 rings (SSSR count). The molecule has 7 heteroatoms. The number of aryl methyl sites for hydroxylation is 1. The van der Waals surface area contributed by atoms with Crippen molar-refractivity contribution in [2.75, 3.05) is 0 Å². The Kier molecular flexibility index (Phi) is 3.50. The molecule has 0 saturated carbocycles. The number of H-pyrrole nitrogens is 1. The Morgan fingerprint density at radius 1 is 1.41 bits per heavy atom. The first-order valence-corrected chi connectivity index (χ1v) is 5.76. The highest BCUT2D eigenvalue weighted by atomic mass is 32.2. The highest BCUT2D eigenvalue weighted by molar-refractivity contribution is 7.99. The van der Waals surface area contributed by atoms with Crippen LogP contribution < -0.4 is 11.3 Å². The van der Waals surface area contributed by atoms with Gasteiger partial charge < -0.3 is 10.7 Å². The van der Waals surface area contributed by atoms with E-state index in [1.54, 1.807) is 19.3 Å². The molecule has 88 valence electrons.